The first-order valence-electron chi connectivity index (χ1n) is 24.7. The lowest BCUT2D eigenvalue weighted by Gasteiger charge is -2.65. The van der Waals surface area contributed by atoms with Gasteiger partial charge in [-0.1, -0.05) is 46.3 Å². The number of aromatic hydroxyl groups is 2. The molecule has 14 heteroatoms. The number of ketones is 1. The molecule has 17 atom stereocenters. The van der Waals surface area contributed by atoms with E-state index in [1.165, 1.54) is 6.07 Å². The van der Waals surface area contributed by atoms with Crippen LogP contribution in [-0.4, -0.2) is 140 Å². The summed E-state index contributed by atoms with van der Waals surface area (Å²) < 4.78 is 19.6. The van der Waals surface area contributed by atoms with Gasteiger partial charge in [0.25, 0.3) is 0 Å². The Morgan fingerprint density at radius 1 is 0.969 bits per heavy atom. The van der Waals surface area contributed by atoms with E-state index in [0.29, 0.717) is 68.8 Å². The molecule has 1 aromatic carbocycles. The third-order valence-corrected chi connectivity index (χ3v) is 19.5. The molecular weight excluding hydrogens is 833 g/mol. The zero-order valence-electron chi connectivity index (χ0n) is 39.3. The zero-order valence-corrected chi connectivity index (χ0v) is 39.3. The van der Waals surface area contributed by atoms with Gasteiger partial charge in [0.1, 0.15) is 22.7 Å². The quantitative estimate of drug-likeness (QED) is 0.0734. The van der Waals surface area contributed by atoms with Crippen molar-refractivity contribution in [1.82, 2.24) is 10.6 Å². The number of ether oxygens (including phenoxy) is 3. The lowest BCUT2D eigenvalue weighted by Crippen LogP contribution is -2.70. The predicted molar refractivity (Wildman–Crippen MR) is 241 cm³/mol. The van der Waals surface area contributed by atoms with E-state index >= 15 is 4.79 Å². The maximum Gasteiger partial charge on any atom is 0.160 e. The van der Waals surface area contributed by atoms with Gasteiger partial charge in [-0.25, -0.2) is 0 Å². The summed E-state index contributed by atoms with van der Waals surface area (Å²) in [5.74, 6) is -4.21. The third-order valence-electron chi connectivity index (χ3n) is 19.5. The first kappa shape index (κ1) is 47.6. The average Bonchev–Trinajstić information content (AvgIpc) is 3.60. The minimum Gasteiger partial charge on any atom is -0.508 e. The highest BCUT2D eigenvalue weighted by Gasteiger charge is 2.82. The predicted octanol–water partition coefficient (Wildman–Crippen LogP) is 3.35. The zero-order chi connectivity index (χ0) is 46.7. The van der Waals surface area contributed by atoms with Crippen LogP contribution in [0.15, 0.2) is 35.4 Å². The second-order valence-electron chi connectivity index (χ2n) is 22.4. The number of carbonyl (C=O) groups is 1. The molecule has 1 saturated heterocycles. The molecule has 10 N–H and O–H groups in total. The molecule has 65 heavy (non-hydrogen) atoms. The number of nitrogens with one attached hydrogen (secondary N) is 2. The molecule has 0 radical (unpaired) electrons. The van der Waals surface area contributed by atoms with Crippen LogP contribution in [0.2, 0.25) is 0 Å². The lowest BCUT2D eigenvalue weighted by atomic mass is 9.41. The van der Waals surface area contributed by atoms with Crippen LogP contribution in [0.5, 0.6) is 11.5 Å². The average molecular weight is 909 g/mol. The number of aliphatic hydroxyl groups excluding tert-OH is 3. The largest absolute Gasteiger partial charge is 0.508 e. The van der Waals surface area contributed by atoms with Crippen LogP contribution in [0.3, 0.4) is 0 Å². The van der Waals surface area contributed by atoms with Crippen LogP contribution < -0.4 is 10.6 Å². The monoisotopic (exact) mass is 909 g/mol. The topological polar surface area (TPSA) is 231 Å². The van der Waals surface area contributed by atoms with Crippen molar-refractivity contribution in [3.05, 3.63) is 46.6 Å². The third kappa shape index (κ3) is 6.54. The number of rotatable bonds is 14. The van der Waals surface area contributed by atoms with Crippen molar-refractivity contribution in [1.29, 1.82) is 0 Å². The van der Waals surface area contributed by atoms with Gasteiger partial charge >= 0.3 is 0 Å². The molecule has 2 bridgehead atoms. The fourth-order valence-corrected chi connectivity index (χ4v) is 16.2. The summed E-state index contributed by atoms with van der Waals surface area (Å²) in [5.41, 5.74) is -5.91. The number of hydrogen-bond acceptors (Lipinski definition) is 14. The van der Waals surface area contributed by atoms with E-state index in [1.807, 2.05) is 20.8 Å². The van der Waals surface area contributed by atoms with Gasteiger partial charge in [-0.2, -0.15) is 0 Å². The molecule has 10 rings (SSSR count). The van der Waals surface area contributed by atoms with E-state index in [9.17, 15) is 40.9 Å². The van der Waals surface area contributed by atoms with Gasteiger partial charge in [-0.3, -0.25) is 10.1 Å². The van der Waals surface area contributed by atoms with Crippen LogP contribution in [0.1, 0.15) is 110 Å². The van der Waals surface area contributed by atoms with Crippen molar-refractivity contribution in [3.63, 3.8) is 0 Å². The van der Waals surface area contributed by atoms with Crippen molar-refractivity contribution in [3.8, 4) is 11.5 Å². The normalized spacial score (nSPS) is 46.3. The molecular formula is C51H76N2O12. The van der Waals surface area contributed by atoms with E-state index in [0.717, 1.165) is 18.5 Å². The molecule has 1 aromatic rings. The fourth-order valence-electron chi connectivity index (χ4n) is 16.2. The highest BCUT2D eigenvalue weighted by molar-refractivity contribution is 5.96. The van der Waals surface area contributed by atoms with Crippen molar-refractivity contribution in [2.45, 2.75) is 146 Å². The minimum atomic E-state index is -1.75. The number of aliphatic hydroxyl groups is 6. The summed E-state index contributed by atoms with van der Waals surface area (Å²) in [5, 5.41) is 103. The highest BCUT2D eigenvalue weighted by atomic mass is 16.6. The Labute approximate surface area is 383 Å². The molecule has 4 saturated carbocycles. The molecule has 1 heterocycles. The highest BCUT2D eigenvalue weighted by Crippen LogP contribution is 2.76. The Morgan fingerprint density at radius 2 is 1.72 bits per heavy atom. The number of likely N-dealkylation sites (N-methyl/N-ethyl adjacent to an activating group) is 1. The van der Waals surface area contributed by atoms with E-state index in [2.05, 4.69) is 37.5 Å². The van der Waals surface area contributed by atoms with Gasteiger partial charge in [-0.05, 0) is 110 Å². The number of phenolic OH excluding ortho intramolecular Hbond substituents is 2. The standard InChI is InChI=1S/C51H76N2O12/c1-7-52-24-30-20-45(4)12-10-34(30)51(44(59)28(45)3)49(61,15-16-54)43-39(65-51)21-50(62)36-19-38(58)42-41-33-17-31(56)18-37(57)32(33)9-14-48(41,60)40(64-26-29(25-55)23-53-27-63-8-2)22-46(42,5)35(36)11-13-47(43,50)6/h17-20,28-29,34-35,39-44,52-57,59-62H,7-16,21-27H2,1-6H3/t28-,29+,34+,35+,39+,40+,41+,42-,43+,44+,45-,46-,47-,48+,49-,50-,51+/m1/s1. The molecule has 362 valence electrons. The van der Waals surface area contributed by atoms with Crippen LogP contribution in [0, 0.1) is 51.8 Å². The van der Waals surface area contributed by atoms with E-state index < -0.39 is 69.3 Å². The van der Waals surface area contributed by atoms with Gasteiger partial charge < -0.3 is 60.4 Å². The number of phenols is 2. The van der Waals surface area contributed by atoms with E-state index in [4.69, 9.17) is 14.2 Å². The molecule has 0 aromatic heterocycles. The molecule has 9 aliphatic rings. The molecule has 8 aliphatic carbocycles. The van der Waals surface area contributed by atoms with Crippen LogP contribution in [-0.2, 0) is 25.4 Å². The Balaban J connectivity index is 1.12. The summed E-state index contributed by atoms with van der Waals surface area (Å²) in [6, 6.07) is 2.85. The molecule has 14 nitrogen and oxygen atoms in total. The van der Waals surface area contributed by atoms with E-state index in [1.54, 1.807) is 12.1 Å². The second-order valence-corrected chi connectivity index (χ2v) is 22.4. The lowest BCUT2D eigenvalue weighted by molar-refractivity contribution is -0.247. The first-order valence-corrected chi connectivity index (χ1v) is 24.7. The van der Waals surface area contributed by atoms with Crippen molar-refractivity contribution in [2.75, 3.05) is 52.8 Å². The van der Waals surface area contributed by atoms with Crippen molar-refractivity contribution < 1.29 is 59.9 Å². The van der Waals surface area contributed by atoms with Crippen LogP contribution in [0.4, 0.5) is 0 Å². The first-order chi connectivity index (χ1) is 30.8. The van der Waals surface area contributed by atoms with E-state index in [-0.39, 0.29) is 91.9 Å². The number of allylic oxidation sites excluding steroid dienone is 2. The van der Waals surface area contributed by atoms with Gasteiger partial charge in [0.2, 0.25) is 0 Å². The van der Waals surface area contributed by atoms with Gasteiger partial charge in [0, 0.05) is 86.8 Å². The molecule has 1 spiro atoms. The summed E-state index contributed by atoms with van der Waals surface area (Å²) in [6.07, 6.45) is 4.59. The number of fused-ring (bicyclic) bond motifs is 13. The van der Waals surface area contributed by atoms with Crippen LogP contribution in [0.25, 0.3) is 0 Å². The maximum atomic E-state index is 15.3. The number of benzene rings is 1. The number of hydrogen-bond donors (Lipinski definition) is 10. The Morgan fingerprint density at radius 3 is 2.43 bits per heavy atom. The van der Waals surface area contributed by atoms with Crippen LogP contribution >= 0.6 is 0 Å². The SMILES string of the molecule is CCNCC1=C[C@@]2(C)CC[C@@H]1[C@]1(O[C@H]3C[C@@]4(O)C5=CC(=O)[C@@H]6[C@@H]7c8cc(O)cc(O)c8CC[C@]7(O)[C@@H](OC[C@H](CO)CNCOCC)C[C@]6(C)[C@H]5CC[C@]4(C)[C@H]3[C@]1(O)CCO)[C@@H](O)[C@H]2C. The van der Waals surface area contributed by atoms with Gasteiger partial charge in [0.15, 0.2) is 5.78 Å². The summed E-state index contributed by atoms with van der Waals surface area (Å²) >= 11 is 0. The van der Waals surface area contributed by atoms with Gasteiger partial charge in [-0.15, -0.1) is 0 Å². The smallest absolute Gasteiger partial charge is 0.160 e. The van der Waals surface area contributed by atoms with Gasteiger partial charge in [0.05, 0.1) is 42.9 Å². The molecule has 0 unspecified atom stereocenters. The second kappa shape index (κ2) is 16.6. The number of carbonyl (C=O) groups excluding carboxylic acids is 1. The Kier molecular flexibility index (Phi) is 12.2. The summed E-state index contributed by atoms with van der Waals surface area (Å²) in [7, 11) is 0. The van der Waals surface area contributed by atoms with Crippen molar-refractivity contribution in [2.24, 2.45) is 51.8 Å². The summed E-state index contributed by atoms with van der Waals surface area (Å²) in [6.45, 7) is 14.4. The summed E-state index contributed by atoms with van der Waals surface area (Å²) in [4.78, 5) is 15.3. The fraction of sp³-hybridized carbons (Fsp3) is 0.784. The molecule has 1 aliphatic heterocycles. The van der Waals surface area contributed by atoms with Crippen molar-refractivity contribution >= 4 is 5.78 Å². The maximum absolute atomic E-state index is 15.3. The Hall–Kier alpha value is -2.47. The molecule has 5 fully saturated rings. The molecule has 0 amide bonds. The Bertz CT molecular complexity index is 2080. The minimum absolute atomic E-state index is 0.0547.